The lowest BCUT2D eigenvalue weighted by molar-refractivity contribution is 0.232. The summed E-state index contributed by atoms with van der Waals surface area (Å²) in [5.74, 6) is -3.35. The second-order valence-electron chi connectivity index (χ2n) is 2.41. The SMILES string of the molecule is CC(CBr)CNS(=O)(=O)C(F)F. The molecule has 0 spiro atoms. The highest BCUT2D eigenvalue weighted by Gasteiger charge is 2.23. The van der Waals surface area contributed by atoms with Crippen LogP contribution in [0.1, 0.15) is 6.92 Å². The van der Waals surface area contributed by atoms with Crippen molar-refractivity contribution in [3.8, 4) is 0 Å². The van der Waals surface area contributed by atoms with Crippen molar-refractivity contribution in [1.29, 1.82) is 0 Å². The lowest BCUT2D eigenvalue weighted by Crippen LogP contribution is -2.33. The Kier molecular flexibility index (Phi) is 5.19. The smallest absolute Gasteiger partial charge is 0.210 e. The highest BCUT2D eigenvalue weighted by molar-refractivity contribution is 9.09. The molecule has 74 valence electrons. The molecule has 0 aromatic heterocycles. The van der Waals surface area contributed by atoms with Gasteiger partial charge in [-0.2, -0.15) is 8.78 Å². The molecule has 0 bridgehead atoms. The monoisotopic (exact) mass is 265 g/mol. The lowest BCUT2D eigenvalue weighted by atomic mass is 10.2. The van der Waals surface area contributed by atoms with E-state index in [1.807, 2.05) is 0 Å². The normalized spacial score (nSPS) is 15.1. The quantitative estimate of drug-likeness (QED) is 0.759. The minimum atomic E-state index is -4.41. The molecule has 1 unspecified atom stereocenters. The molecular formula is C5H10BrF2NO2S. The number of sulfonamides is 1. The van der Waals surface area contributed by atoms with Crippen molar-refractivity contribution in [3.05, 3.63) is 0 Å². The van der Waals surface area contributed by atoms with E-state index in [-0.39, 0.29) is 12.5 Å². The molecule has 0 aliphatic rings. The summed E-state index contributed by atoms with van der Waals surface area (Å²) in [6.45, 7) is 1.76. The van der Waals surface area contributed by atoms with Gasteiger partial charge in [-0.3, -0.25) is 0 Å². The molecule has 0 saturated carbocycles. The molecule has 1 atom stereocenters. The summed E-state index contributed by atoms with van der Waals surface area (Å²) < 4.78 is 46.2. The van der Waals surface area contributed by atoms with E-state index in [1.165, 1.54) is 0 Å². The molecule has 0 aromatic carbocycles. The van der Waals surface area contributed by atoms with Gasteiger partial charge in [0.15, 0.2) is 0 Å². The average Bonchev–Trinajstić information content (AvgIpc) is 2.00. The van der Waals surface area contributed by atoms with Gasteiger partial charge in [-0.05, 0) is 5.92 Å². The van der Waals surface area contributed by atoms with Crippen LogP contribution in [0, 0.1) is 5.92 Å². The largest absolute Gasteiger partial charge is 0.350 e. The first-order valence-corrected chi connectivity index (χ1v) is 5.89. The van der Waals surface area contributed by atoms with E-state index in [0.29, 0.717) is 5.33 Å². The van der Waals surface area contributed by atoms with Crippen molar-refractivity contribution < 1.29 is 17.2 Å². The Labute approximate surface area is 78.7 Å². The fourth-order valence-corrected chi connectivity index (χ4v) is 1.25. The molecule has 1 N–H and O–H groups in total. The van der Waals surface area contributed by atoms with E-state index in [0.717, 1.165) is 0 Å². The van der Waals surface area contributed by atoms with Gasteiger partial charge in [-0.1, -0.05) is 22.9 Å². The van der Waals surface area contributed by atoms with Gasteiger partial charge in [-0.25, -0.2) is 13.1 Å². The molecule has 3 nitrogen and oxygen atoms in total. The number of nitrogens with one attached hydrogen (secondary N) is 1. The maximum atomic E-state index is 11.7. The summed E-state index contributed by atoms with van der Waals surface area (Å²) in [4.78, 5) is 0. The molecule has 7 heteroatoms. The third-order valence-electron chi connectivity index (χ3n) is 1.13. The van der Waals surface area contributed by atoms with Crippen LogP contribution < -0.4 is 4.72 Å². The first-order chi connectivity index (χ1) is 5.40. The van der Waals surface area contributed by atoms with Crippen LogP contribution in [0.5, 0.6) is 0 Å². The van der Waals surface area contributed by atoms with Gasteiger partial charge in [0.25, 0.3) is 10.0 Å². The molecule has 0 amide bonds. The van der Waals surface area contributed by atoms with Crippen LogP contribution in [-0.4, -0.2) is 26.1 Å². The van der Waals surface area contributed by atoms with Crippen LogP contribution in [0.2, 0.25) is 0 Å². The van der Waals surface area contributed by atoms with Gasteiger partial charge in [-0.15, -0.1) is 0 Å². The second kappa shape index (κ2) is 5.08. The number of rotatable bonds is 5. The van der Waals surface area contributed by atoms with E-state index in [9.17, 15) is 17.2 Å². The van der Waals surface area contributed by atoms with Crippen LogP contribution >= 0.6 is 15.9 Å². The predicted octanol–water partition coefficient (Wildman–Crippen LogP) is 1.16. The topological polar surface area (TPSA) is 46.2 Å². The lowest BCUT2D eigenvalue weighted by Gasteiger charge is -2.08. The average molecular weight is 266 g/mol. The van der Waals surface area contributed by atoms with Gasteiger partial charge < -0.3 is 0 Å². The van der Waals surface area contributed by atoms with Crippen LogP contribution in [0.3, 0.4) is 0 Å². The van der Waals surface area contributed by atoms with E-state index in [1.54, 1.807) is 11.6 Å². The van der Waals surface area contributed by atoms with Crippen LogP contribution in [0.4, 0.5) is 8.78 Å². The molecule has 0 aromatic rings. The Morgan fingerprint density at radius 2 is 2.00 bits per heavy atom. The number of hydrogen-bond donors (Lipinski definition) is 1. The summed E-state index contributed by atoms with van der Waals surface area (Å²) >= 11 is 3.10. The maximum Gasteiger partial charge on any atom is 0.350 e. The van der Waals surface area contributed by atoms with Crippen molar-refractivity contribution in [2.75, 3.05) is 11.9 Å². The maximum absolute atomic E-state index is 11.7. The van der Waals surface area contributed by atoms with E-state index in [2.05, 4.69) is 15.9 Å². The summed E-state index contributed by atoms with van der Waals surface area (Å²) in [5.41, 5.74) is 0. The van der Waals surface area contributed by atoms with Crippen molar-refractivity contribution in [1.82, 2.24) is 4.72 Å². The van der Waals surface area contributed by atoms with Crippen molar-refractivity contribution in [3.63, 3.8) is 0 Å². The van der Waals surface area contributed by atoms with E-state index < -0.39 is 15.8 Å². The van der Waals surface area contributed by atoms with Crippen LogP contribution in [-0.2, 0) is 10.0 Å². The van der Waals surface area contributed by atoms with Gasteiger partial charge in [0.1, 0.15) is 0 Å². The number of alkyl halides is 3. The fraction of sp³-hybridized carbons (Fsp3) is 1.00. The van der Waals surface area contributed by atoms with Gasteiger partial charge in [0, 0.05) is 11.9 Å². The van der Waals surface area contributed by atoms with Crippen molar-refractivity contribution >= 4 is 26.0 Å². The summed E-state index contributed by atoms with van der Waals surface area (Å²) in [5, 5.41) is 0.568. The molecule has 0 saturated heterocycles. The predicted molar refractivity (Wildman–Crippen MR) is 45.9 cm³/mol. The summed E-state index contributed by atoms with van der Waals surface area (Å²) in [7, 11) is -4.41. The first-order valence-electron chi connectivity index (χ1n) is 3.22. The first kappa shape index (κ1) is 12.2. The molecule has 0 radical (unpaired) electrons. The number of halogens is 3. The standard InChI is InChI=1S/C5H10BrF2NO2S/c1-4(2-6)3-9-12(10,11)5(7)8/h4-5,9H,2-3H2,1H3. The molecular weight excluding hydrogens is 256 g/mol. The zero-order chi connectivity index (χ0) is 9.78. The van der Waals surface area contributed by atoms with E-state index >= 15 is 0 Å². The minimum absolute atomic E-state index is 0.00137. The zero-order valence-electron chi connectivity index (χ0n) is 6.43. The Morgan fingerprint density at radius 3 is 2.33 bits per heavy atom. The summed E-state index contributed by atoms with van der Waals surface area (Å²) in [6, 6.07) is 0. The minimum Gasteiger partial charge on any atom is -0.210 e. The Bertz CT molecular complexity index is 219. The number of hydrogen-bond acceptors (Lipinski definition) is 2. The zero-order valence-corrected chi connectivity index (χ0v) is 8.83. The highest BCUT2D eigenvalue weighted by atomic mass is 79.9. The summed E-state index contributed by atoms with van der Waals surface area (Å²) in [6.07, 6.45) is 0. The molecule has 0 heterocycles. The van der Waals surface area contributed by atoms with Crippen molar-refractivity contribution in [2.45, 2.75) is 12.7 Å². The van der Waals surface area contributed by atoms with Gasteiger partial charge in [0.05, 0.1) is 0 Å². The van der Waals surface area contributed by atoms with Crippen LogP contribution in [0.25, 0.3) is 0 Å². The fourth-order valence-electron chi connectivity index (χ4n) is 0.376. The van der Waals surface area contributed by atoms with Crippen molar-refractivity contribution in [2.24, 2.45) is 5.92 Å². The molecule has 0 aliphatic heterocycles. The Hall–Kier alpha value is 0.250. The van der Waals surface area contributed by atoms with E-state index in [4.69, 9.17) is 0 Å². The Balaban J connectivity index is 3.94. The molecule has 12 heavy (non-hydrogen) atoms. The molecule has 0 rings (SSSR count). The second-order valence-corrected chi connectivity index (χ2v) is 4.80. The highest BCUT2D eigenvalue weighted by Crippen LogP contribution is 2.04. The third kappa shape index (κ3) is 4.32. The molecule has 0 aliphatic carbocycles. The van der Waals surface area contributed by atoms with Crippen LogP contribution in [0.15, 0.2) is 0 Å². The Morgan fingerprint density at radius 1 is 1.50 bits per heavy atom. The van der Waals surface area contributed by atoms with Gasteiger partial charge in [0.2, 0.25) is 0 Å². The third-order valence-corrected chi connectivity index (χ3v) is 3.27. The molecule has 0 fully saturated rings. The van der Waals surface area contributed by atoms with Gasteiger partial charge >= 0.3 is 5.76 Å².